The molecule has 1 aliphatic carbocycles. The highest BCUT2D eigenvalue weighted by Crippen LogP contribution is 2.35. The lowest BCUT2D eigenvalue weighted by Gasteiger charge is -2.21. The fourth-order valence-corrected chi connectivity index (χ4v) is 6.06. The summed E-state index contributed by atoms with van der Waals surface area (Å²) in [7, 11) is 4.07. The highest BCUT2D eigenvalue weighted by molar-refractivity contribution is 6.31. The summed E-state index contributed by atoms with van der Waals surface area (Å²) in [4.78, 5) is 28.8. The van der Waals surface area contributed by atoms with Crippen LogP contribution in [0.5, 0.6) is 0 Å². The molecule has 6 rings (SSSR count). The first kappa shape index (κ1) is 30.6. The molecule has 4 aromatic rings. The lowest BCUT2D eigenvalue weighted by atomic mass is 9.95. The zero-order valence-electron chi connectivity index (χ0n) is 24.8. The van der Waals surface area contributed by atoms with Crippen molar-refractivity contribution in [2.75, 3.05) is 24.7 Å². The van der Waals surface area contributed by atoms with Gasteiger partial charge in [-0.05, 0) is 75.8 Å². The van der Waals surface area contributed by atoms with Crippen molar-refractivity contribution in [2.24, 2.45) is 16.6 Å². The van der Waals surface area contributed by atoms with E-state index in [-0.39, 0.29) is 29.6 Å². The van der Waals surface area contributed by atoms with Crippen LogP contribution in [0, 0.1) is 17.6 Å². The lowest BCUT2D eigenvalue weighted by molar-refractivity contribution is -0.125. The molecule has 3 unspecified atom stereocenters. The Morgan fingerprint density at radius 1 is 1.02 bits per heavy atom. The van der Waals surface area contributed by atoms with Gasteiger partial charge in [-0.3, -0.25) is 15.5 Å². The molecule has 12 heteroatoms. The molecule has 232 valence electrons. The predicted molar refractivity (Wildman–Crippen MR) is 172 cm³/mol. The molecule has 45 heavy (non-hydrogen) atoms. The van der Waals surface area contributed by atoms with E-state index in [4.69, 9.17) is 22.3 Å². The van der Waals surface area contributed by atoms with Gasteiger partial charge in [0.1, 0.15) is 11.6 Å². The standard InChI is InChI=1S/C33H33ClF2N8O/c1-44(2)23-11-9-18(13-23)31(45)43-32(37)40-21-5-3-6-22(15-21)41-33-39-17-19-16-38-30(28-26(35)7-4-8-27(28)36)25-14-20(34)10-12-24(25)29(19)42-33/h3-8,10,12,14-15,17-18,23,32,40H,9,11,13,16,37H2,1-2H3,(H,43,45)(H,39,41,42). The van der Waals surface area contributed by atoms with Crippen LogP contribution in [-0.2, 0) is 11.3 Å². The van der Waals surface area contributed by atoms with Crippen molar-refractivity contribution < 1.29 is 13.6 Å². The molecule has 3 aromatic carbocycles. The van der Waals surface area contributed by atoms with E-state index in [0.717, 1.165) is 19.3 Å². The topological polar surface area (TPSA) is 121 Å². The van der Waals surface area contributed by atoms with E-state index in [1.165, 1.54) is 18.2 Å². The third-order valence-corrected chi connectivity index (χ3v) is 8.44. The first-order chi connectivity index (χ1) is 21.7. The van der Waals surface area contributed by atoms with Crippen molar-refractivity contribution in [3.8, 4) is 11.3 Å². The van der Waals surface area contributed by atoms with Gasteiger partial charge in [-0.25, -0.2) is 18.7 Å². The summed E-state index contributed by atoms with van der Waals surface area (Å²) in [6, 6.07) is 16.6. The molecule has 1 amide bonds. The molecule has 1 aliphatic heterocycles. The van der Waals surface area contributed by atoms with Crippen molar-refractivity contribution in [2.45, 2.75) is 38.1 Å². The monoisotopic (exact) mass is 630 g/mol. The second kappa shape index (κ2) is 12.9. The summed E-state index contributed by atoms with van der Waals surface area (Å²) >= 11 is 6.33. The predicted octanol–water partition coefficient (Wildman–Crippen LogP) is 5.67. The fourth-order valence-electron chi connectivity index (χ4n) is 5.89. The first-order valence-corrected chi connectivity index (χ1v) is 15.0. The minimum atomic E-state index is -0.772. The van der Waals surface area contributed by atoms with E-state index in [1.807, 2.05) is 38.4 Å². The molecule has 0 saturated heterocycles. The number of hydrogen-bond acceptors (Lipinski definition) is 8. The maximum absolute atomic E-state index is 14.9. The highest BCUT2D eigenvalue weighted by atomic mass is 35.5. The van der Waals surface area contributed by atoms with E-state index in [0.29, 0.717) is 50.8 Å². The molecule has 1 aromatic heterocycles. The zero-order chi connectivity index (χ0) is 31.7. The van der Waals surface area contributed by atoms with Gasteiger partial charge in [-0.2, -0.15) is 0 Å². The number of aliphatic imine (C=N–C) groups is 1. The number of carbonyl (C=O) groups excluding carboxylic acids is 1. The lowest BCUT2D eigenvalue weighted by Crippen LogP contribution is -2.49. The van der Waals surface area contributed by atoms with Crippen molar-refractivity contribution in [3.63, 3.8) is 0 Å². The van der Waals surface area contributed by atoms with Crippen molar-refractivity contribution >= 4 is 40.5 Å². The Bertz CT molecular complexity index is 1760. The molecule has 2 aliphatic rings. The number of carbonyl (C=O) groups is 1. The van der Waals surface area contributed by atoms with Crippen LogP contribution in [-0.4, -0.2) is 52.9 Å². The Labute approximate surface area is 264 Å². The number of halogens is 3. The van der Waals surface area contributed by atoms with Gasteiger partial charge in [0.25, 0.3) is 0 Å². The van der Waals surface area contributed by atoms with E-state index in [9.17, 15) is 13.6 Å². The molecule has 3 atom stereocenters. The quantitative estimate of drug-likeness (QED) is 0.185. The third-order valence-electron chi connectivity index (χ3n) is 8.21. The number of hydrogen-bond donors (Lipinski definition) is 4. The van der Waals surface area contributed by atoms with Crippen LogP contribution in [0.15, 0.2) is 71.9 Å². The molecule has 2 heterocycles. The first-order valence-electron chi connectivity index (χ1n) is 14.7. The maximum Gasteiger partial charge on any atom is 0.227 e. The van der Waals surface area contributed by atoms with Gasteiger partial charge in [-0.15, -0.1) is 0 Å². The smallest absolute Gasteiger partial charge is 0.227 e. The zero-order valence-corrected chi connectivity index (χ0v) is 25.6. The van der Waals surface area contributed by atoms with Gasteiger partial charge in [-0.1, -0.05) is 29.8 Å². The van der Waals surface area contributed by atoms with E-state index < -0.39 is 17.9 Å². The average molecular weight is 631 g/mol. The summed E-state index contributed by atoms with van der Waals surface area (Å²) < 4.78 is 29.7. The molecule has 9 nitrogen and oxygen atoms in total. The average Bonchev–Trinajstić information content (AvgIpc) is 3.45. The number of aromatic nitrogens is 2. The van der Waals surface area contributed by atoms with Crippen LogP contribution in [0.4, 0.5) is 26.1 Å². The normalized spacial score (nSPS) is 18.0. The van der Waals surface area contributed by atoms with Gasteiger partial charge >= 0.3 is 0 Å². The Kier molecular flexibility index (Phi) is 8.75. The second-order valence-corrected chi connectivity index (χ2v) is 11.9. The molecule has 1 saturated carbocycles. The van der Waals surface area contributed by atoms with Crippen molar-refractivity contribution in [1.29, 1.82) is 0 Å². The van der Waals surface area contributed by atoms with Crippen LogP contribution < -0.4 is 21.7 Å². The van der Waals surface area contributed by atoms with Crippen LogP contribution in [0.1, 0.15) is 36.0 Å². The summed E-state index contributed by atoms with van der Waals surface area (Å²) in [5.41, 5.74) is 9.86. The molecular formula is C33H33ClF2N8O. The number of benzene rings is 3. The Balaban J connectivity index is 1.20. The second-order valence-electron chi connectivity index (χ2n) is 11.5. The molecule has 0 bridgehead atoms. The number of anilines is 3. The molecule has 0 spiro atoms. The Hall–Kier alpha value is -4.45. The summed E-state index contributed by atoms with van der Waals surface area (Å²) in [5, 5.41) is 9.61. The van der Waals surface area contributed by atoms with Crippen molar-refractivity contribution in [3.05, 3.63) is 100 Å². The van der Waals surface area contributed by atoms with E-state index >= 15 is 0 Å². The van der Waals surface area contributed by atoms with Crippen LogP contribution in [0.2, 0.25) is 5.02 Å². The summed E-state index contributed by atoms with van der Waals surface area (Å²) in [5.74, 6) is -1.25. The summed E-state index contributed by atoms with van der Waals surface area (Å²) in [6.45, 7) is 0.116. The van der Waals surface area contributed by atoms with Gasteiger partial charge in [0.15, 0.2) is 6.29 Å². The van der Waals surface area contributed by atoms with E-state index in [1.54, 1.807) is 24.4 Å². The number of fused-ring (bicyclic) bond motifs is 3. The Morgan fingerprint density at radius 3 is 2.53 bits per heavy atom. The van der Waals surface area contributed by atoms with Crippen LogP contribution in [0.25, 0.3) is 11.3 Å². The Morgan fingerprint density at radius 2 is 1.78 bits per heavy atom. The van der Waals surface area contributed by atoms with Gasteiger partial charge in [0, 0.05) is 51.2 Å². The van der Waals surface area contributed by atoms with Crippen molar-refractivity contribution in [1.82, 2.24) is 20.2 Å². The number of amides is 1. The van der Waals surface area contributed by atoms with Crippen LogP contribution >= 0.6 is 11.6 Å². The highest BCUT2D eigenvalue weighted by Gasteiger charge is 2.31. The molecule has 0 radical (unpaired) electrons. The largest absolute Gasteiger partial charge is 0.353 e. The minimum absolute atomic E-state index is 0.0570. The minimum Gasteiger partial charge on any atom is -0.353 e. The van der Waals surface area contributed by atoms with Gasteiger partial charge < -0.3 is 20.9 Å². The van der Waals surface area contributed by atoms with E-state index in [2.05, 4.69) is 30.8 Å². The fraction of sp³-hybridized carbons (Fsp3) is 0.273. The number of rotatable bonds is 8. The SMILES string of the molecule is CN(C)C1CCC(C(=O)NC(N)Nc2cccc(Nc3ncc4c(n3)-c3ccc(Cl)cc3C(c3c(F)cccc3F)=NC4)c2)C1. The van der Waals surface area contributed by atoms with Gasteiger partial charge in [0.05, 0.1) is 23.5 Å². The number of nitrogens with two attached hydrogens (primary N) is 1. The number of nitrogens with zero attached hydrogens (tertiary/aromatic N) is 4. The third kappa shape index (κ3) is 6.65. The molecule has 5 N–H and O–H groups in total. The number of nitrogens with one attached hydrogen (secondary N) is 3. The maximum atomic E-state index is 14.9. The molecule has 1 fully saturated rings. The van der Waals surface area contributed by atoms with Gasteiger partial charge in [0.2, 0.25) is 11.9 Å². The molecular weight excluding hydrogens is 598 g/mol. The van der Waals surface area contributed by atoms with Crippen LogP contribution in [0.3, 0.4) is 0 Å². The summed E-state index contributed by atoms with van der Waals surface area (Å²) in [6.07, 6.45) is 3.52.